The Kier molecular flexibility index (Phi) is 4.82. The maximum absolute atomic E-state index is 12.9. The Bertz CT molecular complexity index is 866. The molecular weight excluding hydrogens is 370 g/mol. The van der Waals surface area contributed by atoms with Crippen LogP contribution in [0.5, 0.6) is 0 Å². The van der Waals surface area contributed by atoms with Crippen LogP contribution in [0.1, 0.15) is 31.4 Å². The van der Waals surface area contributed by atoms with Crippen molar-refractivity contribution in [3.63, 3.8) is 0 Å². The van der Waals surface area contributed by atoms with E-state index in [1.807, 2.05) is 4.90 Å². The van der Waals surface area contributed by atoms with Gasteiger partial charge < -0.3 is 25.4 Å². The molecule has 1 saturated heterocycles. The molecule has 1 aromatic heterocycles. The molecule has 2 heterocycles. The third kappa shape index (κ3) is 3.80. The summed E-state index contributed by atoms with van der Waals surface area (Å²) in [5, 5.41) is 8.31. The van der Waals surface area contributed by atoms with Crippen LogP contribution in [0.15, 0.2) is 22.7 Å². The Morgan fingerprint density at radius 1 is 1.33 bits per heavy atom. The lowest BCUT2D eigenvalue weighted by Gasteiger charge is -2.38. The van der Waals surface area contributed by atoms with Gasteiger partial charge in [0.2, 0.25) is 0 Å². The molecular formula is C18H22ClN5O3. The highest BCUT2D eigenvalue weighted by atomic mass is 35.5. The van der Waals surface area contributed by atoms with Gasteiger partial charge in [-0.25, -0.2) is 9.59 Å². The van der Waals surface area contributed by atoms with E-state index in [4.69, 9.17) is 21.9 Å². The van der Waals surface area contributed by atoms with Gasteiger partial charge in [0.15, 0.2) is 5.76 Å². The first-order chi connectivity index (χ1) is 13.0. The van der Waals surface area contributed by atoms with E-state index in [1.54, 1.807) is 23.1 Å². The van der Waals surface area contributed by atoms with Gasteiger partial charge in [-0.05, 0) is 43.9 Å². The van der Waals surface area contributed by atoms with Crippen molar-refractivity contribution in [3.05, 3.63) is 29.0 Å². The van der Waals surface area contributed by atoms with Gasteiger partial charge in [-0.15, -0.1) is 0 Å². The number of amides is 4. The number of fused-ring (bicyclic) bond motifs is 1. The first-order valence-electron chi connectivity index (χ1n) is 9.17. The molecule has 0 unspecified atom stereocenters. The maximum Gasteiger partial charge on any atom is 0.318 e. The highest BCUT2D eigenvalue weighted by molar-refractivity contribution is 6.31. The van der Waals surface area contributed by atoms with Crippen LogP contribution in [0.2, 0.25) is 5.02 Å². The van der Waals surface area contributed by atoms with Crippen molar-refractivity contribution in [1.29, 1.82) is 0 Å². The van der Waals surface area contributed by atoms with Gasteiger partial charge in [0.25, 0.3) is 0 Å². The molecule has 1 saturated carbocycles. The molecule has 2 aromatic rings. The number of nitrogens with two attached hydrogens (primary N) is 1. The number of rotatable bonds is 4. The van der Waals surface area contributed by atoms with E-state index >= 15 is 0 Å². The smallest absolute Gasteiger partial charge is 0.318 e. The zero-order valence-corrected chi connectivity index (χ0v) is 15.6. The summed E-state index contributed by atoms with van der Waals surface area (Å²) in [4.78, 5) is 27.9. The van der Waals surface area contributed by atoms with Crippen LogP contribution >= 0.6 is 11.6 Å². The maximum atomic E-state index is 12.9. The van der Waals surface area contributed by atoms with Gasteiger partial charge >= 0.3 is 12.1 Å². The summed E-state index contributed by atoms with van der Waals surface area (Å²) in [5.41, 5.74) is 6.12. The topological polar surface area (TPSA) is 105 Å². The molecule has 8 nitrogen and oxygen atoms in total. The van der Waals surface area contributed by atoms with E-state index in [9.17, 15) is 9.59 Å². The predicted octanol–water partition coefficient (Wildman–Crippen LogP) is 2.70. The summed E-state index contributed by atoms with van der Waals surface area (Å²) >= 11 is 6.04. The van der Waals surface area contributed by atoms with Crippen LogP contribution in [0, 0.1) is 0 Å². The zero-order chi connectivity index (χ0) is 19.0. The minimum absolute atomic E-state index is 0.0142. The summed E-state index contributed by atoms with van der Waals surface area (Å²) in [5.74, 6) is 0.569. The highest BCUT2D eigenvalue weighted by Gasteiger charge is 2.39. The lowest BCUT2D eigenvalue weighted by molar-refractivity contribution is 0.118. The van der Waals surface area contributed by atoms with Gasteiger partial charge in [0.05, 0.1) is 12.6 Å². The van der Waals surface area contributed by atoms with E-state index in [1.165, 1.54) is 0 Å². The molecule has 1 aliphatic heterocycles. The summed E-state index contributed by atoms with van der Waals surface area (Å²) < 4.78 is 5.36. The summed E-state index contributed by atoms with van der Waals surface area (Å²) in [7, 11) is 0. The number of benzene rings is 1. The molecule has 9 heteroatoms. The van der Waals surface area contributed by atoms with Crippen molar-refractivity contribution >= 4 is 34.6 Å². The van der Waals surface area contributed by atoms with Crippen molar-refractivity contribution in [2.45, 2.75) is 44.3 Å². The van der Waals surface area contributed by atoms with Crippen molar-refractivity contribution in [2.75, 3.05) is 13.1 Å². The zero-order valence-electron chi connectivity index (χ0n) is 14.9. The van der Waals surface area contributed by atoms with E-state index in [0.717, 1.165) is 31.1 Å². The van der Waals surface area contributed by atoms with Crippen LogP contribution in [0.3, 0.4) is 0 Å². The lowest BCUT2D eigenvalue weighted by Crippen LogP contribution is -2.55. The number of urea groups is 2. The largest absolute Gasteiger partial charge is 0.358 e. The predicted molar refractivity (Wildman–Crippen MR) is 100 cm³/mol. The number of piperidine rings is 1. The third-order valence-corrected chi connectivity index (χ3v) is 5.42. The molecule has 144 valence electrons. The van der Waals surface area contributed by atoms with E-state index in [-0.39, 0.29) is 24.7 Å². The molecule has 0 bridgehead atoms. The standard InChI is InChI=1S/C18H22ClN5O3/c19-11-3-6-15-14(8-11)16(27-22-15)9-21-18(26)24(12-4-5-12)13-2-1-7-23(10-13)17(20)25/h3,6,8,12-13H,1-2,4-5,7,9-10H2,(H2,20,25)(H,21,26)/t13-/m1/s1. The minimum atomic E-state index is -0.430. The summed E-state index contributed by atoms with van der Waals surface area (Å²) in [6, 6.07) is 4.93. The fourth-order valence-corrected chi connectivity index (χ4v) is 3.88. The van der Waals surface area contributed by atoms with Crippen LogP contribution in [0.25, 0.3) is 10.9 Å². The molecule has 1 aromatic carbocycles. The molecule has 0 radical (unpaired) electrons. The normalized spacial score (nSPS) is 19.9. The van der Waals surface area contributed by atoms with Gasteiger partial charge in [0, 0.05) is 29.5 Å². The number of halogens is 1. The molecule has 4 amide bonds. The first-order valence-corrected chi connectivity index (χ1v) is 9.55. The third-order valence-electron chi connectivity index (χ3n) is 5.19. The number of primary amides is 1. The number of carbonyl (C=O) groups is 2. The number of nitrogens with one attached hydrogen (secondary N) is 1. The molecule has 2 fully saturated rings. The van der Waals surface area contributed by atoms with Crippen molar-refractivity contribution in [1.82, 2.24) is 20.3 Å². The summed E-state index contributed by atoms with van der Waals surface area (Å²) in [6.45, 7) is 1.36. The number of hydrogen-bond donors (Lipinski definition) is 2. The number of nitrogens with zero attached hydrogens (tertiary/aromatic N) is 3. The van der Waals surface area contributed by atoms with Crippen molar-refractivity contribution < 1.29 is 14.1 Å². The summed E-state index contributed by atoms with van der Waals surface area (Å²) in [6.07, 6.45) is 3.69. The Hall–Kier alpha value is -2.48. The average Bonchev–Trinajstić information content (AvgIpc) is 3.40. The van der Waals surface area contributed by atoms with Gasteiger partial charge in [-0.3, -0.25) is 0 Å². The number of hydrogen-bond acceptors (Lipinski definition) is 4. The fourth-order valence-electron chi connectivity index (χ4n) is 3.70. The average molecular weight is 392 g/mol. The van der Waals surface area contributed by atoms with Gasteiger partial charge in [0.1, 0.15) is 5.52 Å². The van der Waals surface area contributed by atoms with Crippen LogP contribution < -0.4 is 11.1 Å². The Morgan fingerprint density at radius 2 is 2.15 bits per heavy atom. The Balaban J connectivity index is 1.45. The molecule has 1 atom stereocenters. The number of likely N-dealkylation sites (tertiary alicyclic amines) is 1. The van der Waals surface area contributed by atoms with E-state index in [2.05, 4.69) is 10.5 Å². The van der Waals surface area contributed by atoms with Crippen molar-refractivity contribution in [3.8, 4) is 0 Å². The molecule has 27 heavy (non-hydrogen) atoms. The lowest BCUT2D eigenvalue weighted by atomic mass is 10.0. The molecule has 0 spiro atoms. The Morgan fingerprint density at radius 3 is 2.89 bits per heavy atom. The van der Waals surface area contributed by atoms with Crippen LogP contribution in [-0.2, 0) is 6.54 Å². The minimum Gasteiger partial charge on any atom is -0.358 e. The first kappa shape index (κ1) is 17.9. The van der Waals surface area contributed by atoms with Gasteiger partial charge in [-0.1, -0.05) is 16.8 Å². The molecule has 3 N–H and O–H groups in total. The van der Waals surface area contributed by atoms with Crippen molar-refractivity contribution in [2.24, 2.45) is 5.73 Å². The van der Waals surface area contributed by atoms with Gasteiger partial charge in [-0.2, -0.15) is 0 Å². The quantitative estimate of drug-likeness (QED) is 0.835. The number of aromatic nitrogens is 1. The second kappa shape index (κ2) is 7.26. The van der Waals surface area contributed by atoms with Crippen LogP contribution in [-0.4, -0.2) is 52.2 Å². The van der Waals surface area contributed by atoms with E-state index in [0.29, 0.717) is 29.4 Å². The fraction of sp³-hybridized carbons (Fsp3) is 0.500. The Labute approximate surface area is 161 Å². The second-order valence-corrected chi connectivity index (χ2v) is 7.58. The molecule has 1 aliphatic carbocycles. The second-order valence-electron chi connectivity index (χ2n) is 7.14. The van der Waals surface area contributed by atoms with Crippen LogP contribution in [0.4, 0.5) is 9.59 Å². The SMILES string of the molecule is NC(=O)N1CCC[C@@H](N(C(=O)NCc2onc3ccc(Cl)cc23)C2CC2)C1. The monoisotopic (exact) mass is 391 g/mol. The molecule has 4 rings (SSSR count). The number of carbonyl (C=O) groups excluding carboxylic acids is 2. The van der Waals surface area contributed by atoms with E-state index < -0.39 is 6.03 Å². The molecule has 2 aliphatic rings. The highest BCUT2D eigenvalue weighted by Crippen LogP contribution is 2.31.